The van der Waals surface area contributed by atoms with E-state index >= 15 is 0 Å². The van der Waals surface area contributed by atoms with Crippen LogP contribution < -0.4 is 5.32 Å². The Kier molecular flexibility index (Phi) is 3.75. The number of nitrogens with one attached hydrogen (secondary N) is 1. The molecular weight excluding hydrogens is 252 g/mol. The zero-order valence-electron chi connectivity index (χ0n) is 10.9. The predicted octanol–water partition coefficient (Wildman–Crippen LogP) is 0.0246. The Labute approximate surface area is 110 Å². The van der Waals surface area contributed by atoms with E-state index in [-0.39, 0.29) is 11.8 Å². The molecule has 1 saturated carbocycles. The van der Waals surface area contributed by atoms with E-state index in [1.807, 2.05) is 0 Å². The normalized spacial score (nSPS) is 28.6. The molecule has 1 saturated heterocycles. The number of amides is 2. The number of carbonyl (C=O) groups excluding carboxylic acids is 2. The van der Waals surface area contributed by atoms with Crippen LogP contribution >= 0.6 is 0 Å². The van der Waals surface area contributed by atoms with Crippen LogP contribution in [0.25, 0.3) is 0 Å². The van der Waals surface area contributed by atoms with Crippen molar-refractivity contribution >= 4 is 22.6 Å². The van der Waals surface area contributed by atoms with Gasteiger partial charge in [-0.2, -0.15) is 0 Å². The topological polar surface area (TPSA) is 66.5 Å². The maximum Gasteiger partial charge on any atom is 0.249 e. The maximum atomic E-state index is 12.5. The number of piperazine rings is 1. The molecule has 1 aliphatic carbocycles. The van der Waals surface area contributed by atoms with E-state index in [0.29, 0.717) is 12.3 Å². The minimum absolute atomic E-state index is 0.0116. The van der Waals surface area contributed by atoms with Crippen LogP contribution in [0.15, 0.2) is 0 Å². The van der Waals surface area contributed by atoms with Crippen LogP contribution in [-0.2, 0) is 20.4 Å². The average molecular weight is 272 g/mol. The van der Waals surface area contributed by atoms with Gasteiger partial charge in [0.15, 0.2) is 0 Å². The summed E-state index contributed by atoms with van der Waals surface area (Å²) in [4.78, 5) is 26.1. The second-order valence-electron chi connectivity index (χ2n) is 5.23. The highest BCUT2D eigenvalue weighted by Gasteiger charge is 2.50. The number of carbonyl (C=O) groups is 2. The van der Waals surface area contributed by atoms with Gasteiger partial charge in [0.2, 0.25) is 11.8 Å². The average Bonchev–Trinajstić information content (AvgIpc) is 2.76. The van der Waals surface area contributed by atoms with Gasteiger partial charge < -0.3 is 10.2 Å². The standard InChI is InChI=1S/C12H20N2O3S/c1-9-10(15)13-12(5-3-4-6-12)11(16)14(9)7-8-18(2)17/h9H,3-8H2,1-2H3,(H,13,15). The molecule has 5 nitrogen and oxygen atoms in total. The monoisotopic (exact) mass is 272 g/mol. The highest BCUT2D eigenvalue weighted by Crippen LogP contribution is 2.34. The molecule has 102 valence electrons. The molecule has 0 aromatic rings. The fourth-order valence-electron chi connectivity index (χ4n) is 2.83. The van der Waals surface area contributed by atoms with Crippen LogP contribution in [-0.4, -0.2) is 51.1 Å². The summed E-state index contributed by atoms with van der Waals surface area (Å²) >= 11 is 0. The van der Waals surface area contributed by atoms with Crippen LogP contribution in [0.5, 0.6) is 0 Å². The number of nitrogens with zero attached hydrogens (tertiary/aromatic N) is 1. The highest BCUT2D eigenvalue weighted by molar-refractivity contribution is 7.84. The van der Waals surface area contributed by atoms with Gasteiger partial charge in [-0.15, -0.1) is 0 Å². The molecule has 1 N–H and O–H groups in total. The quantitative estimate of drug-likeness (QED) is 0.788. The SMILES string of the molecule is CC1C(=O)NC2(CCCC2)C(=O)N1CCS(C)=O. The molecule has 0 aromatic heterocycles. The fourth-order valence-corrected chi connectivity index (χ4v) is 3.28. The summed E-state index contributed by atoms with van der Waals surface area (Å²) in [5.74, 6) is 0.357. The van der Waals surface area contributed by atoms with E-state index in [1.165, 1.54) is 0 Å². The molecule has 0 bridgehead atoms. The molecular formula is C12H20N2O3S. The van der Waals surface area contributed by atoms with Crippen molar-refractivity contribution in [3.05, 3.63) is 0 Å². The molecule has 6 heteroatoms. The van der Waals surface area contributed by atoms with Gasteiger partial charge in [-0.3, -0.25) is 13.8 Å². The molecule has 1 aliphatic heterocycles. The zero-order valence-corrected chi connectivity index (χ0v) is 11.7. The lowest BCUT2D eigenvalue weighted by atomic mass is 9.91. The van der Waals surface area contributed by atoms with Crippen molar-refractivity contribution in [2.45, 2.75) is 44.2 Å². The molecule has 1 heterocycles. The van der Waals surface area contributed by atoms with Gasteiger partial charge in [-0.05, 0) is 19.8 Å². The van der Waals surface area contributed by atoms with Crippen molar-refractivity contribution in [2.75, 3.05) is 18.6 Å². The van der Waals surface area contributed by atoms with Crippen molar-refractivity contribution in [2.24, 2.45) is 0 Å². The molecule has 0 radical (unpaired) electrons. The molecule has 18 heavy (non-hydrogen) atoms. The van der Waals surface area contributed by atoms with E-state index in [0.717, 1.165) is 25.7 Å². The van der Waals surface area contributed by atoms with Gasteiger partial charge in [-0.25, -0.2) is 0 Å². The lowest BCUT2D eigenvalue weighted by molar-refractivity contribution is -0.153. The Balaban J connectivity index is 2.17. The molecule has 2 aliphatic rings. The van der Waals surface area contributed by atoms with Crippen LogP contribution in [0.3, 0.4) is 0 Å². The Morgan fingerprint density at radius 3 is 2.56 bits per heavy atom. The lowest BCUT2D eigenvalue weighted by Crippen LogP contribution is -2.69. The molecule has 2 unspecified atom stereocenters. The van der Waals surface area contributed by atoms with Crippen LogP contribution in [0.4, 0.5) is 0 Å². The molecule has 2 amide bonds. The number of hydrogen-bond donors (Lipinski definition) is 1. The smallest absolute Gasteiger partial charge is 0.249 e. The Hall–Kier alpha value is -0.910. The second-order valence-corrected chi connectivity index (χ2v) is 6.78. The Morgan fingerprint density at radius 1 is 1.39 bits per heavy atom. The summed E-state index contributed by atoms with van der Waals surface area (Å²) in [7, 11) is -0.947. The minimum Gasteiger partial charge on any atom is -0.340 e. The predicted molar refractivity (Wildman–Crippen MR) is 69.5 cm³/mol. The molecule has 2 rings (SSSR count). The largest absolute Gasteiger partial charge is 0.340 e. The number of rotatable bonds is 3. The summed E-state index contributed by atoms with van der Waals surface area (Å²) in [6.07, 6.45) is 5.04. The first kappa shape index (κ1) is 13.5. The third kappa shape index (κ3) is 2.30. The molecule has 2 fully saturated rings. The van der Waals surface area contributed by atoms with Gasteiger partial charge in [0.1, 0.15) is 11.6 Å². The van der Waals surface area contributed by atoms with Gasteiger partial charge in [-0.1, -0.05) is 12.8 Å². The fraction of sp³-hybridized carbons (Fsp3) is 0.833. The molecule has 2 atom stereocenters. The Morgan fingerprint density at radius 2 is 2.00 bits per heavy atom. The van der Waals surface area contributed by atoms with Gasteiger partial charge in [0, 0.05) is 29.4 Å². The lowest BCUT2D eigenvalue weighted by Gasteiger charge is -2.43. The third-order valence-electron chi connectivity index (χ3n) is 3.96. The van der Waals surface area contributed by atoms with E-state index in [4.69, 9.17) is 0 Å². The van der Waals surface area contributed by atoms with Crippen LogP contribution in [0, 0.1) is 0 Å². The van der Waals surface area contributed by atoms with Crippen molar-refractivity contribution < 1.29 is 13.8 Å². The van der Waals surface area contributed by atoms with E-state index < -0.39 is 22.4 Å². The van der Waals surface area contributed by atoms with Gasteiger partial charge in [0.25, 0.3) is 0 Å². The van der Waals surface area contributed by atoms with E-state index in [9.17, 15) is 13.8 Å². The van der Waals surface area contributed by atoms with E-state index in [1.54, 1.807) is 18.1 Å². The molecule has 0 aromatic carbocycles. The summed E-state index contributed by atoms with van der Waals surface area (Å²) in [6, 6.07) is -0.452. The first-order chi connectivity index (χ1) is 8.46. The van der Waals surface area contributed by atoms with Crippen molar-refractivity contribution in [3.63, 3.8) is 0 Å². The van der Waals surface area contributed by atoms with E-state index in [2.05, 4.69) is 5.32 Å². The first-order valence-electron chi connectivity index (χ1n) is 6.39. The first-order valence-corrected chi connectivity index (χ1v) is 8.12. The Bertz CT molecular complexity index is 391. The van der Waals surface area contributed by atoms with Gasteiger partial charge >= 0.3 is 0 Å². The van der Waals surface area contributed by atoms with Crippen LogP contribution in [0.2, 0.25) is 0 Å². The summed E-state index contributed by atoms with van der Waals surface area (Å²) in [5.41, 5.74) is -0.668. The molecule has 1 spiro atoms. The third-order valence-corrected chi connectivity index (χ3v) is 4.71. The number of hydrogen-bond acceptors (Lipinski definition) is 3. The zero-order chi connectivity index (χ0) is 13.3. The summed E-state index contributed by atoms with van der Waals surface area (Å²) < 4.78 is 11.2. The minimum atomic E-state index is -0.947. The van der Waals surface area contributed by atoms with Crippen molar-refractivity contribution in [3.8, 4) is 0 Å². The highest BCUT2D eigenvalue weighted by atomic mass is 32.2. The van der Waals surface area contributed by atoms with Crippen molar-refractivity contribution in [1.29, 1.82) is 0 Å². The van der Waals surface area contributed by atoms with Gasteiger partial charge in [0.05, 0.1) is 0 Å². The summed E-state index contributed by atoms with van der Waals surface area (Å²) in [5, 5.41) is 2.90. The maximum absolute atomic E-state index is 12.5. The van der Waals surface area contributed by atoms with Crippen molar-refractivity contribution in [1.82, 2.24) is 10.2 Å². The van der Waals surface area contributed by atoms with Crippen LogP contribution in [0.1, 0.15) is 32.6 Å². The summed E-state index contributed by atoms with van der Waals surface area (Å²) in [6.45, 7) is 2.13. The second kappa shape index (κ2) is 4.99.